The Bertz CT molecular complexity index is 317. The lowest BCUT2D eigenvalue weighted by Crippen LogP contribution is -2.50. The molecule has 0 saturated carbocycles. The SMILES string of the molecule is CCNC(C)(CCCN(C)C1CCN(C)CC1)C(=O)OC. The number of carbonyl (C=O) groups is 1. The van der Waals surface area contributed by atoms with Gasteiger partial charge in [0.05, 0.1) is 7.11 Å². The van der Waals surface area contributed by atoms with Gasteiger partial charge in [-0.25, -0.2) is 0 Å². The molecule has 21 heavy (non-hydrogen) atoms. The smallest absolute Gasteiger partial charge is 0.325 e. The number of piperidine rings is 1. The predicted octanol–water partition coefficient (Wildman–Crippen LogP) is 1.33. The van der Waals surface area contributed by atoms with Crippen molar-refractivity contribution in [3.05, 3.63) is 0 Å². The summed E-state index contributed by atoms with van der Waals surface area (Å²) in [5.74, 6) is -0.161. The number of likely N-dealkylation sites (N-methyl/N-ethyl adjacent to an activating group) is 1. The third kappa shape index (κ3) is 5.57. The zero-order chi connectivity index (χ0) is 15.9. The minimum absolute atomic E-state index is 0.161. The van der Waals surface area contributed by atoms with E-state index in [0.29, 0.717) is 6.04 Å². The molecule has 1 aliphatic rings. The van der Waals surface area contributed by atoms with Crippen LogP contribution in [0.3, 0.4) is 0 Å². The number of hydrogen-bond acceptors (Lipinski definition) is 5. The second-order valence-electron chi connectivity index (χ2n) is 6.47. The van der Waals surface area contributed by atoms with Crippen molar-refractivity contribution in [2.45, 2.75) is 51.1 Å². The highest BCUT2D eigenvalue weighted by molar-refractivity contribution is 5.80. The lowest BCUT2D eigenvalue weighted by atomic mass is 9.95. The highest BCUT2D eigenvalue weighted by Crippen LogP contribution is 2.18. The van der Waals surface area contributed by atoms with E-state index >= 15 is 0 Å². The normalized spacial score (nSPS) is 20.5. The van der Waals surface area contributed by atoms with E-state index in [9.17, 15) is 4.79 Å². The van der Waals surface area contributed by atoms with E-state index in [4.69, 9.17) is 4.74 Å². The summed E-state index contributed by atoms with van der Waals surface area (Å²) in [5, 5.41) is 3.27. The van der Waals surface area contributed by atoms with Crippen LogP contribution < -0.4 is 5.32 Å². The molecule has 124 valence electrons. The molecule has 1 saturated heterocycles. The molecule has 0 radical (unpaired) electrons. The Morgan fingerprint density at radius 3 is 2.57 bits per heavy atom. The summed E-state index contributed by atoms with van der Waals surface area (Å²) in [5.41, 5.74) is -0.558. The van der Waals surface area contributed by atoms with Gasteiger partial charge < -0.3 is 19.9 Å². The van der Waals surface area contributed by atoms with Crippen molar-refractivity contribution in [1.29, 1.82) is 0 Å². The van der Waals surface area contributed by atoms with Gasteiger partial charge >= 0.3 is 5.97 Å². The number of nitrogens with one attached hydrogen (secondary N) is 1. The zero-order valence-corrected chi connectivity index (χ0v) is 14.4. The number of esters is 1. The number of rotatable bonds is 8. The number of methoxy groups -OCH3 is 1. The summed E-state index contributed by atoms with van der Waals surface area (Å²) in [6, 6.07) is 0.685. The molecule has 1 rings (SSSR count). The molecule has 0 aromatic carbocycles. The Labute approximate surface area is 130 Å². The maximum atomic E-state index is 11.9. The second kappa shape index (κ2) is 8.71. The molecule has 5 nitrogen and oxygen atoms in total. The fourth-order valence-corrected chi connectivity index (χ4v) is 3.18. The number of hydrogen-bond donors (Lipinski definition) is 1. The Morgan fingerprint density at radius 1 is 1.43 bits per heavy atom. The molecule has 0 aromatic heterocycles. The Hall–Kier alpha value is -0.650. The molecule has 1 unspecified atom stereocenters. The first-order valence-corrected chi connectivity index (χ1v) is 8.15. The largest absolute Gasteiger partial charge is 0.468 e. The molecule has 0 bridgehead atoms. The van der Waals surface area contributed by atoms with E-state index in [1.54, 1.807) is 0 Å². The molecule has 0 aromatic rings. The van der Waals surface area contributed by atoms with Gasteiger partial charge in [0.15, 0.2) is 0 Å². The fourth-order valence-electron chi connectivity index (χ4n) is 3.18. The molecule has 0 aliphatic carbocycles. The Morgan fingerprint density at radius 2 is 2.05 bits per heavy atom. The monoisotopic (exact) mass is 299 g/mol. The van der Waals surface area contributed by atoms with Crippen molar-refractivity contribution >= 4 is 5.97 Å². The number of ether oxygens (including phenoxy) is 1. The van der Waals surface area contributed by atoms with E-state index in [-0.39, 0.29) is 5.97 Å². The number of carbonyl (C=O) groups excluding carboxylic acids is 1. The minimum Gasteiger partial charge on any atom is -0.468 e. The molecule has 1 atom stereocenters. The van der Waals surface area contributed by atoms with Crippen molar-refractivity contribution in [2.75, 3.05) is 47.4 Å². The number of nitrogens with zero attached hydrogens (tertiary/aromatic N) is 2. The summed E-state index contributed by atoms with van der Waals surface area (Å²) >= 11 is 0. The molecule has 1 aliphatic heterocycles. The Balaban J connectivity index is 2.37. The maximum absolute atomic E-state index is 11.9. The van der Waals surface area contributed by atoms with Gasteiger partial charge in [0.2, 0.25) is 0 Å². The minimum atomic E-state index is -0.558. The second-order valence-corrected chi connectivity index (χ2v) is 6.47. The van der Waals surface area contributed by atoms with Crippen LogP contribution in [0.25, 0.3) is 0 Å². The first kappa shape index (κ1) is 18.4. The van der Waals surface area contributed by atoms with E-state index < -0.39 is 5.54 Å². The van der Waals surface area contributed by atoms with E-state index in [0.717, 1.165) is 25.9 Å². The van der Waals surface area contributed by atoms with Crippen molar-refractivity contribution in [2.24, 2.45) is 0 Å². The standard InChI is InChI=1S/C16H33N3O2/c1-6-17-16(2,15(20)21-5)10-7-11-19(4)14-8-12-18(3)13-9-14/h14,17H,6-13H2,1-5H3. The average Bonchev–Trinajstić information content (AvgIpc) is 2.47. The van der Waals surface area contributed by atoms with Gasteiger partial charge in [-0.1, -0.05) is 6.92 Å². The van der Waals surface area contributed by atoms with Gasteiger partial charge in [0, 0.05) is 6.04 Å². The fraction of sp³-hybridized carbons (Fsp3) is 0.938. The zero-order valence-electron chi connectivity index (χ0n) is 14.4. The molecule has 1 N–H and O–H groups in total. The van der Waals surface area contributed by atoms with Crippen LogP contribution in [-0.4, -0.2) is 74.7 Å². The first-order valence-electron chi connectivity index (χ1n) is 8.15. The van der Waals surface area contributed by atoms with E-state index in [1.165, 1.54) is 33.0 Å². The highest BCUT2D eigenvalue weighted by Gasteiger charge is 2.33. The van der Waals surface area contributed by atoms with Crippen LogP contribution in [0, 0.1) is 0 Å². The molecule has 1 heterocycles. The topological polar surface area (TPSA) is 44.8 Å². The average molecular weight is 299 g/mol. The number of likely N-dealkylation sites (tertiary alicyclic amines) is 1. The van der Waals surface area contributed by atoms with Crippen molar-refractivity contribution < 1.29 is 9.53 Å². The summed E-state index contributed by atoms with van der Waals surface area (Å²) < 4.78 is 4.93. The molecule has 0 spiro atoms. The van der Waals surface area contributed by atoms with Crippen LogP contribution in [0.1, 0.15) is 39.5 Å². The van der Waals surface area contributed by atoms with E-state index in [2.05, 4.69) is 29.2 Å². The van der Waals surface area contributed by atoms with Gasteiger partial charge in [-0.05, 0) is 72.9 Å². The van der Waals surface area contributed by atoms with Crippen LogP contribution in [0.15, 0.2) is 0 Å². The van der Waals surface area contributed by atoms with Crippen molar-refractivity contribution in [3.8, 4) is 0 Å². The molecular formula is C16H33N3O2. The van der Waals surface area contributed by atoms with Crippen LogP contribution in [0.5, 0.6) is 0 Å². The van der Waals surface area contributed by atoms with E-state index in [1.807, 2.05) is 13.8 Å². The highest BCUT2D eigenvalue weighted by atomic mass is 16.5. The Kier molecular flexibility index (Phi) is 7.63. The van der Waals surface area contributed by atoms with Gasteiger partial charge in [-0.15, -0.1) is 0 Å². The summed E-state index contributed by atoms with van der Waals surface area (Å²) in [4.78, 5) is 16.8. The lowest BCUT2D eigenvalue weighted by Gasteiger charge is -2.35. The van der Waals surface area contributed by atoms with Crippen molar-refractivity contribution in [1.82, 2.24) is 15.1 Å². The summed E-state index contributed by atoms with van der Waals surface area (Å²) in [7, 11) is 5.86. The molecule has 5 heteroatoms. The predicted molar refractivity (Wildman–Crippen MR) is 86.5 cm³/mol. The van der Waals surface area contributed by atoms with Gasteiger partial charge in [-0.3, -0.25) is 4.79 Å². The van der Waals surface area contributed by atoms with Crippen LogP contribution >= 0.6 is 0 Å². The van der Waals surface area contributed by atoms with Crippen LogP contribution in [0.2, 0.25) is 0 Å². The quantitative estimate of drug-likeness (QED) is 0.685. The maximum Gasteiger partial charge on any atom is 0.325 e. The van der Waals surface area contributed by atoms with Crippen LogP contribution in [-0.2, 0) is 9.53 Å². The third-order valence-corrected chi connectivity index (χ3v) is 4.70. The molecule has 1 fully saturated rings. The molecular weight excluding hydrogens is 266 g/mol. The lowest BCUT2D eigenvalue weighted by molar-refractivity contribution is -0.148. The summed E-state index contributed by atoms with van der Waals surface area (Å²) in [6.07, 6.45) is 4.30. The van der Waals surface area contributed by atoms with Gasteiger partial charge in [0.1, 0.15) is 5.54 Å². The van der Waals surface area contributed by atoms with Gasteiger partial charge in [0.25, 0.3) is 0 Å². The third-order valence-electron chi connectivity index (χ3n) is 4.70. The molecule has 0 amide bonds. The van der Waals surface area contributed by atoms with Crippen molar-refractivity contribution in [3.63, 3.8) is 0 Å². The summed E-state index contributed by atoms with van der Waals surface area (Å²) in [6.45, 7) is 8.14. The van der Waals surface area contributed by atoms with Crippen LogP contribution in [0.4, 0.5) is 0 Å². The first-order chi connectivity index (χ1) is 9.92. The van der Waals surface area contributed by atoms with Gasteiger partial charge in [-0.2, -0.15) is 0 Å².